The quantitative estimate of drug-likeness (QED) is 0.802. The highest BCUT2D eigenvalue weighted by atomic mass is 32.2. The molecule has 0 unspecified atom stereocenters. The van der Waals surface area contributed by atoms with Crippen LogP contribution < -0.4 is 14.4 Å². The molecule has 0 aromatic heterocycles. The van der Waals surface area contributed by atoms with Crippen molar-refractivity contribution in [1.82, 2.24) is 4.72 Å². The predicted octanol–water partition coefficient (Wildman–Crippen LogP) is 2.60. The zero-order chi connectivity index (χ0) is 19.4. The van der Waals surface area contributed by atoms with Crippen LogP contribution in [0.2, 0.25) is 0 Å². The van der Waals surface area contributed by atoms with E-state index in [2.05, 4.69) is 4.72 Å². The molecule has 0 saturated heterocycles. The molecule has 3 rings (SSSR count). The largest absolute Gasteiger partial charge is 0.495 e. The molecule has 27 heavy (non-hydrogen) atoms. The number of hydrogen-bond donors (Lipinski definition) is 1. The van der Waals surface area contributed by atoms with Gasteiger partial charge >= 0.3 is 0 Å². The maximum absolute atomic E-state index is 12.7. The Kier molecular flexibility index (Phi) is 5.62. The molecule has 1 amide bonds. The number of nitrogens with zero attached hydrogens (tertiary/aromatic N) is 1. The van der Waals surface area contributed by atoms with Crippen molar-refractivity contribution in [2.24, 2.45) is 0 Å². The van der Waals surface area contributed by atoms with Gasteiger partial charge in [-0.2, -0.15) is 0 Å². The molecule has 0 atom stereocenters. The molecular weight excluding hydrogens is 364 g/mol. The first-order valence-corrected chi connectivity index (χ1v) is 10.1. The zero-order valence-corrected chi connectivity index (χ0v) is 16.1. The number of anilines is 1. The van der Waals surface area contributed by atoms with Crippen molar-refractivity contribution >= 4 is 27.7 Å². The van der Waals surface area contributed by atoms with Gasteiger partial charge in [0.15, 0.2) is 0 Å². The van der Waals surface area contributed by atoms with Crippen molar-refractivity contribution < 1.29 is 17.9 Å². The molecule has 0 aliphatic carbocycles. The van der Waals surface area contributed by atoms with Gasteiger partial charge in [0, 0.05) is 18.3 Å². The van der Waals surface area contributed by atoms with E-state index in [-0.39, 0.29) is 16.6 Å². The fraction of sp³-hybridized carbons (Fsp3) is 0.250. The smallest absolute Gasteiger partial charge is 0.250 e. The number of sulfonamides is 1. The molecule has 0 bridgehead atoms. The number of carbonyl (C=O) groups is 1. The number of methoxy groups -OCH3 is 1. The molecule has 0 saturated carbocycles. The number of fused-ring (bicyclic) bond motifs is 1. The first-order chi connectivity index (χ1) is 13.0. The van der Waals surface area contributed by atoms with E-state index in [1.807, 2.05) is 24.3 Å². The molecule has 1 N–H and O–H groups in total. The first-order valence-electron chi connectivity index (χ1n) is 8.65. The number of hydrogen-bond acceptors (Lipinski definition) is 4. The lowest BCUT2D eigenvalue weighted by Crippen LogP contribution is -2.34. The van der Waals surface area contributed by atoms with Crippen molar-refractivity contribution in [3.8, 4) is 5.75 Å². The molecule has 142 valence electrons. The van der Waals surface area contributed by atoms with Crippen LogP contribution in [-0.2, 0) is 21.2 Å². The van der Waals surface area contributed by atoms with Gasteiger partial charge in [-0.15, -0.1) is 0 Å². The minimum Gasteiger partial charge on any atom is -0.495 e. The molecule has 7 heteroatoms. The van der Waals surface area contributed by atoms with Gasteiger partial charge < -0.3 is 9.64 Å². The Labute approximate surface area is 159 Å². The lowest BCUT2D eigenvalue weighted by molar-refractivity contribution is -0.114. The summed E-state index contributed by atoms with van der Waals surface area (Å²) < 4.78 is 31.7. The lowest BCUT2D eigenvalue weighted by Gasteiger charge is -2.28. The number of benzene rings is 2. The Morgan fingerprint density at radius 3 is 2.74 bits per heavy atom. The van der Waals surface area contributed by atoms with Crippen LogP contribution in [0.25, 0.3) is 6.08 Å². The number of rotatable bonds is 5. The maximum Gasteiger partial charge on any atom is 0.250 e. The lowest BCUT2D eigenvalue weighted by atomic mass is 10.0. The number of nitrogens with one attached hydrogen (secondary N) is 1. The highest BCUT2D eigenvalue weighted by Gasteiger charge is 2.21. The number of amides is 1. The summed E-state index contributed by atoms with van der Waals surface area (Å²) in [5, 5.41) is 0. The third kappa shape index (κ3) is 4.04. The van der Waals surface area contributed by atoms with Crippen LogP contribution in [0.1, 0.15) is 17.5 Å². The summed E-state index contributed by atoms with van der Waals surface area (Å²) in [6, 6.07) is 12.7. The second-order valence-corrected chi connectivity index (χ2v) is 8.03. The fourth-order valence-corrected chi connectivity index (χ4v) is 4.06. The molecule has 2 aromatic rings. The molecule has 0 spiro atoms. The van der Waals surface area contributed by atoms with E-state index < -0.39 is 10.0 Å². The Balaban J connectivity index is 1.87. The molecule has 1 aliphatic heterocycles. The highest BCUT2D eigenvalue weighted by molar-refractivity contribution is 7.89. The van der Waals surface area contributed by atoms with E-state index in [9.17, 15) is 13.2 Å². The summed E-state index contributed by atoms with van der Waals surface area (Å²) >= 11 is 0. The third-order valence-corrected chi connectivity index (χ3v) is 5.98. The van der Waals surface area contributed by atoms with Gasteiger partial charge in [0.25, 0.3) is 5.91 Å². The molecule has 1 heterocycles. The molecule has 1 aliphatic rings. The number of carbonyl (C=O) groups excluding carboxylic acids is 1. The van der Waals surface area contributed by atoms with Crippen LogP contribution >= 0.6 is 0 Å². The van der Waals surface area contributed by atoms with Gasteiger partial charge in [0.1, 0.15) is 10.6 Å². The van der Waals surface area contributed by atoms with Crippen LogP contribution in [0.3, 0.4) is 0 Å². The monoisotopic (exact) mass is 386 g/mol. The van der Waals surface area contributed by atoms with Crippen LogP contribution in [0.5, 0.6) is 5.75 Å². The first kappa shape index (κ1) is 19.1. The van der Waals surface area contributed by atoms with E-state index in [0.29, 0.717) is 12.1 Å². The number of para-hydroxylation sites is 1. The molecule has 2 aromatic carbocycles. The standard InChI is InChI=1S/C20H22N2O4S/c1-21-27(24,25)19-14-15(9-11-18(19)26-2)10-12-20(23)22-13-5-7-16-6-3-4-8-17(16)22/h3-4,6,8-12,14,21H,5,7,13H2,1-2H3. The topological polar surface area (TPSA) is 75.7 Å². The summed E-state index contributed by atoms with van der Waals surface area (Å²) in [6.45, 7) is 0.669. The SMILES string of the molecule is CNS(=O)(=O)c1cc(C=CC(=O)N2CCCc3ccccc32)ccc1OC. The van der Waals surface area contributed by atoms with E-state index in [1.54, 1.807) is 23.1 Å². The summed E-state index contributed by atoms with van der Waals surface area (Å²) in [4.78, 5) is 14.5. The average molecular weight is 386 g/mol. The van der Waals surface area contributed by atoms with Gasteiger partial charge in [-0.05, 0) is 55.3 Å². The van der Waals surface area contributed by atoms with Gasteiger partial charge in [-0.1, -0.05) is 24.3 Å². The van der Waals surface area contributed by atoms with Crippen molar-refractivity contribution in [3.63, 3.8) is 0 Å². The molecule has 0 radical (unpaired) electrons. The second kappa shape index (κ2) is 7.94. The second-order valence-electron chi connectivity index (χ2n) is 6.17. The average Bonchev–Trinajstić information content (AvgIpc) is 2.71. The van der Waals surface area contributed by atoms with E-state index in [0.717, 1.165) is 24.1 Å². The number of ether oxygens (including phenoxy) is 1. The summed E-state index contributed by atoms with van der Waals surface area (Å²) in [6.07, 6.45) is 4.98. The van der Waals surface area contributed by atoms with Gasteiger partial charge in [0.05, 0.1) is 7.11 Å². The van der Waals surface area contributed by atoms with Crippen LogP contribution in [0.15, 0.2) is 53.4 Å². The zero-order valence-electron chi connectivity index (χ0n) is 15.3. The van der Waals surface area contributed by atoms with Gasteiger partial charge in [0.2, 0.25) is 10.0 Å². The normalized spacial score (nSPS) is 14.2. The van der Waals surface area contributed by atoms with Crippen LogP contribution in [0, 0.1) is 0 Å². The highest BCUT2D eigenvalue weighted by Crippen LogP contribution is 2.28. The Bertz CT molecular complexity index is 983. The van der Waals surface area contributed by atoms with Crippen molar-refractivity contribution in [2.75, 3.05) is 25.6 Å². The summed E-state index contributed by atoms with van der Waals surface area (Å²) in [5.41, 5.74) is 2.70. The summed E-state index contributed by atoms with van der Waals surface area (Å²) in [5.74, 6) is 0.119. The Hall–Kier alpha value is -2.64. The van der Waals surface area contributed by atoms with Gasteiger partial charge in [-0.25, -0.2) is 13.1 Å². The predicted molar refractivity (Wildman–Crippen MR) is 105 cm³/mol. The molecular formula is C20H22N2O4S. The molecule has 0 fully saturated rings. The Morgan fingerprint density at radius 2 is 2.00 bits per heavy atom. The minimum absolute atomic E-state index is 0.0328. The Morgan fingerprint density at radius 1 is 1.22 bits per heavy atom. The van der Waals surface area contributed by atoms with Crippen LogP contribution in [0.4, 0.5) is 5.69 Å². The maximum atomic E-state index is 12.7. The van der Waals surface area contributed by atoms with Crippen LogP contribution in [-0.4, -0.2) is 35.0 Å². The third-order valence-electron chi connectivity index (χ3n) is 4.54. The fourth-order valence-electron chi connectivity index (χ4n) is 3.14. The van der Waals surface area contributed by atoms with E-state index in [1.165, 1.54) is 26.3 Å². The molecule has 6 nitrogen and oxygen atoms in total. The van der Waals surface area contributed by atoms with Crippen molar-refractivity contribution in [2.45, 2.75) is 17.7 Å². The summed E-state index contributed by atoms with van der Waals surface area (Å²) in [7, 11) is -0.911. The minimum atomic E-state index is -3.67. The van der Waals surface area contributed by atoms with Crippen molar-refractivity contribution in [3.05, 3.63) is 59.7 Å². The van der Waals surface area contributed by atoms with E-state index >= 15 is 0 Å². The van der Waals surface area contributed by atoms with Crippen molar-refractivity contribution in [1.29, 1.82) is 0 Å². The number of aryl methyl sites for hydroxylation is 1. The van der Waals surface area contributed by atoms with Gasteiger partial charge in [-0.3, -0.25) is 4.79 Å². The van der Waals surface area contributed by atoms with E-state index in [4.69, 9.17) is 4.74 Å².